The Morgan fingerprint density at radius 3 is 2.55 bits per heavy atom. The molecule has 1 aliphatic rings. The second-order valence-electron chi connectivity index (χ2n) is 6.82. The van der Waals surface area contributed by atoms with Crippen molar-refractivity contribution in [2.45, 2.75) is 13.3 Å². The Kier molecular flexibility index (Phi) is 8.13. The zero-order chi connectivity index (χ0) is 24.0. The molecular formula is C24H24N2O5S2. The predicted octanol–water partition coefficient (Wildman–Crippen LogP) is 4.38. The SMILES string of the molecule is C=CCc1cc(/C=C2\SC(=S)N(NC(=O)c3ccc(OC)cc3)C2=O)cc(OCC)c1OC. The number of hydrogen-bond donors (Lipinski definition) is 1. The van der Waals surface area contributed by atoms with Crippen molar-refractivity contribution >= 4 is 46.2 Å². The van der Waals surface area contributed by atoms with Gasteiger partial charge in [-0.1, -0.05) is 17.8 Å². The summed E-state index contributed by atoms with van der Waals surface area (Å²) in [5.41, 5.74) is 4.58. The standard InChI is InChI=1S/C24H24N2O5S2/c1-5-7-17-12-15(13-19(31-6-2)21(17)30-4)14-20-23(28)26(24(32)33-20)25-22(27)16-8-10-18(29-3)11-9-16/h5,8-14H,1,6-7H2,2-4H3,(H,25,27)/b20-14-. The number of ether oxygens (including phenoxy) is 3. The van der Waals surface area contributed by atoms with E-state index in [-0.39, 0.29) is 4.32 Å². The van der Waals surface area contributed by atoms with Gasteiger partial charge in [-0.25, -0.2) is 0 Å². The normalized spacial score (nSPS) is 14.4. The third-order valence-electron chi connectivity index (χ3n) is 4.68. The Labute approximate surface area is 202 Å². The quantitative estimate of drug-likeness (QED) is 0.322. The number of hydrazine groups is 1. The summed E-state index contributed by atoms with van der Waals surface area (Å²) in [4.78, 5) is 25.9. The summed E-state index contributed by atoms with van der Waals surface area (Å²) >= 11 is 6.44. The smallest absolute Gasteiger partial charge is 0.285 e. The molecule has 0 aromatic heterocycles. The minimum Gasteiger partial charge on any atom is -0.497 e. The summed E-state index contributed by atoms with van der Waals surface area (Å²) in [5.74, 6) is 0.974. The van der Waals surface area contributed by atoms with Crippen LogP contribution in [-0.4, -0.2) is 42.0 Å². The molecule has 0 atom stereocenters. The molecule has 172 valence electrons. The third kappa shape index (κ3) is 5.55. The van der Waals surface area contributed by atoms with Crippen LogP contribution in [0.15, 0.2) is 54.0 Å². The van der Waals surface area contributed by atoms with Crippen LogP contribution >= 0.6 is 24.0 Å². The number of thiocarbonyl (C=S) groups is 1. The van der Waals surface area contributed by atoms with Crippen molar-refractivity contribution in [3.63, 3.8) is 0 Å². The lowest BCUT2D eigenvalue weighted by Gasteiger charge is -2.16. The van der Waals surface area contributed by atoms with Crippen molar-refractivity contribution < 1.29 is 23.8 Å². The molecule has 9 heteroatoms. The number of nitrogens with zero attached hydrogens (tertiary/aromatic N) is 1. The van der Waals surface area contributed by atoms with E-state index in [1.165, 1.54) is 0 Å². The molecule has 0 radical (unpaired) electrons. The first-order valence-electron chi connectivity index (χ1n) is 10.1. The predicted molar refractivity (Wildman–Crippen MR) is 134 cm³/mol. The lowest BCUT2D eigenvalue weighted by molar-refractivity contribution is -0.123. The van der Waals surface area contributed by atoms with E-state index in [0.717, 1.165) is 27.9 Å². The van der Waals surface area contributed by atoms with Gasteiger partial charge < -0.3 is 14.2 Å². The Morgan fingerprint density at radius 1 is 1.21 bits per heavy atom. The fourth-order valence-corrected chi connectivity index (χ4v) is 4.37. The average molecular weight is 485 g/mol. The molecule has 33 heavy (non-hydrogen) atoms. The number of allylic oxidation sites excluding steroid dienone is 1. The summed E-state index contributed by atoms with van der Waals surface area (Å²) in [6.45, 7) is 6.14. The highest BCUT2D eigenvalue weighted by molar-refractivity contribution is 8.26. The van der Waals surface area contributed by atoms with Crippen LogP contribution in [0.4, 0.5) is 0 Å². The number of carbonyl (C=O) groups excluding carboxylic acids is 2. The van der Waals surface area contributed by atoms with E-state index in [1.54, 1.807) is 56.7 Å². The van der Waals surface area contributed by atoms with E-state index in [9.17, 15) is 9.59 Å². The minimum atomic E-state index is -0.452. The summed E-state index contributed by atoms with van der Waals surface area (Å²) in [6.07, 6.45) is 4.06. The molecule has 2 amide bonds. The first kappa shape index (κ1) is 24.3. The Bertz CT molecular complexity index is 1110. The van der Waals surface area contributed by atoms with Crippen LogP contribution < -0.4 is 19.6 Å². The number of nitrogens with one attached hydrogen (secondary N) is 1. The second-order valence-corrected chi connectivity index (χ2v) is 8.50. The van der Waals surface area contributed by atoms with Gasteiger partial charge in [-0.05, 0) is 73.6 Å². The fourth-order valence-electron chi connectivity index (χ4n) is 3.19. The fraction of sp³-hybridized carbons (Fsp3) is 0.208. The first-order valence-corrected chi connectivity index (χ1v) is 11.3. The van der Waals surface area contributed by atoms with Crippen molar-refractivity contribution in [3.8, 4) is 17.2 Å². The lowest BCUT2D eigenvalue weighted by Crippen LogP contribution is -2.44. The molecule has 1 aliphatic heterocycles. The highest BCUT2D eigenvalue weighted by Crippen LogP contribution is 2.37. The summed E-state index contributed by atoms with van der Waals surface area (Å²) in [7, 11) is 3.13. The van der Waals surface area contributed by atoms with Gasteiger partial charge in [0.2, 0.25) is 0 Å². The Morgan fingerprint density at radius 2 is 1.94 bits per heavy atom. The molecule has 2 aromatic rings. The first-order chi connectivity index (χ1) is 15.9. The van der Waals surface area contributed by atoms with Gasteiger partial charge in [-0.15, -0.1) is 6.58 Å². The van der Waals surface area contributed by atoms with Gasteiger partial charge in [0, 0.05) is 11.1 Å². The van der Waals surface area contributed by atoms with E-state index < -0.39 is 11.8 Å². The zero-order valence-corrected chi connectivity index (χ0v) is 20.2. The summed E-state index contributed by atoms with van der Waals surface area (Å²) in [6, 6.07) is 10.3. The number of rotatable bonds is 9. The molecule has 0 bridgehead atoms. The second kappa shape index (κ2) is 11.0. The number of hydrogen-bond acceptors (Lipinski definition) is 7. The van der Waals surface area contributed by atoms with E-state index in [4.69, 9.17) is 26.4 Å². The molecular weight excluding hydrogens is 460 g/mol. The largest absolute Gasteiger partial charge is 0.497 e. The van der Waals surface area contributed by atoms with Crippen LogP contribution in [0.1, 0.15) is 28.4 Å². The van der Waals surface area contributed by atoms with Gasteiger partial charge in [0.05, 0.1) is 25.7 Å². The van der Waals surface area contributed by atoms with Crippen LogP contribution in [0.25, 0.3) is 6.08 Å². The Balaban J connectivity index is 1.85. The molecule has 1 heterocycles. The molecule has 1 fully saturated rings. The average Bonchev–Trinajstić information content (AvgIpc) is 3.06. The molecule has 1 saturated heterocycles. The van der Waals surface area contributed by atoms with Crippen LogP contribution in [0.2, 0.25) is 0 Å². The molecule has 0 aliphatic carbocycles. The summed E-state index contributed by atoms with van der Waals surface area (Å²) in [5, 5.41) is 1.08. The molecule has 2 aromatic carbocycles. The lowest BCUT2D eigenvalue weighted by atomic mass is 10.0. The number of amides is 2. The van der Waals surface area contributed by atoms with Crippen molar-refractivity contribution in [3.05, 3.63) is 70.6 Å². The molecule has 0 spiro atoms. The van der Waals surface area contributed by atoms with Crippen molar-refractivity contribution in [1.29, 1.82) is 0 Å². The number of carbonyl (C=O) groups is 2. The number of thioether (sulfide) groups is 1. The zero-order valence-electron chi connectivity index (χ0n) is 18.5. The van der Waals surface area contributed by atoms with Gasteiger partial charge in [0.15, 0.2) is 15.8 Å². The maximum absolute atomic E-state index is 13.0. The van der Waals surface area contributed by atoms with Gasteiger partial charge in [-0.3, -0.25) is 15.0 Å². The third-order valence-corrected chi connectivity index (χ3v) is 5.98. The molecule has 0 unspecified atom stereocenters. The highest BCUT2D eigenvalue weighted by Gasteiger charge is 2.34. The van der Waals surface area contributed by atoms with Crippen molar-refractivity contribution in [2.24, 2.45) is 0 Å². The Hall–Kier alpha value is -3.30. The number of methoxy groups -OCH3 is 2. The van der Waals surface area contributed by atoms with Crippen molar-refractivity contribution in [1.82, 2.24) is 10.4 Å². The van der Waals surface area contributed by atoms with Crippen LogP contribution in [0, 0.1) is 0 Å². The van der Waals surface area contributed by atoms with Crippen LogP contribution in [0.5, 0.6) is 17.2 Å². The number of benzene rings is 2. The van der Waals surface area contributed by atoms with E-state index in [1.807, 2.05) is 13.0 Å². The van der Waals surface area contributed by atoms with E-state index in [2.05, 4.69) is 12.0 Å². The van der Waals surface area contributed by atoms with Gasteiger partial charge in [0.1, 0.15) is 5.75 Å². The van der Waals surface area contributed by atoms with E-state index >= 15 is 0 Å². The maximum atomic E-state index is 13.0. The van der Waals surface area contributed by atoms with Gasteiger partial charge in [-0.2, -0.15) is 5.01 Å². The maximum Gasteiger partial charge on any atom is 0.285 e. The molecule has 7 nitrogen and oxygen atoms in total. The molecule has 0 saturated carbocycles. The monoisotopic (exact) mass is 484 g/mol. The van der Waals surface area contributed by atoms with E-state index in [0.29, 0.717) is 40.7 Å². The minimum absolute atomic E-state index is 0.234. The molecule has 1 N–H and O–H groups in total. The van der Waals surface area contributed by atoms with Crippen LogP contribution in [0.3, 0.4) is 0 Å². The van der Waals surface area contributed by atoms with Crippen LogP contribution in [-0.2, 0) is 11.2 Å². The molecule has 3 rings (SSSR count). The van der Waals surface area contributed by atoms with Gasteiger partial charge in [0.25, 0.3) is 11.8 Å². The van der Waals surface area contributed by atoms with Gasteiger partial charge >= 0.3 is 0 Å². The highest BCUT2D eigenvalue weighted by atomic mass is 32.2. The summed E-state index contributed by atoms with van der Waals surface area (Å²) < 4.78 is 16.6. The van der Waals surface area contributed by atoms with Crippen molar-refractivity contribution in [2.75, 3.05) is 20.8 Å². The topological polar surface area (TPSA) is 77.1 Å².